The Morgan fingerprint density at radius 3 is 2.60 bits per heavy atom. The van der Waals surface area contributed by atoms with Crippen molar-refractivity contribution in [2.45, 2.75) is 25.7 Å². The van der Waals surface area contributed by atoms with Gasteiger partial charge in [-0.15, -0.1) is 0 Å². The lowest BCUT2D eigenvalue weighted by Gasteiger charge is -2.34. The lowest BCUT2D eigenvalue weighted by molar-refractivity contribution is -0.0220. The summed E-state index contributed by atoms with van der Waals surface area (Å²) < 4.78 is 25.9. The van der Waals surface area contributed by atoms with E-state index in [9.17, 15) is 8.78 Å². The number of alkyl halides is 2. The van der Waals surface area contributed by atoms with Crippen molar-refractivity contribution >= 4 is 5.69 Å². The molecule has 4 heteroatoms. The number of hydrogen-bond acceptors (Lipinski definition) is 2. The predicted octanol–water partition coefficient (Wildman–Crippen LogP) is 2.63. The number of halogens is 2. The SMILES string of the molecule is Cc1cnccc1N1CCC(F)(F)CC1. The van der Waals surface area contributed by atoms with Crippen LogP contribution in [0.5, 0.6) is 0 Å². The van der Waals surface area contributed by atoms with Gasteiger partial charge in [-0.2, -0.15) is 0 Å². The van der Waals surface area contributed by atoms with E-state index in [0.717, 1.165) is 11.3 Å². The molecule has 1 aliphatic heterocycles. The molecule has 1 aliphatic rings. The quantitative estimate of drug-likeness (QED) is 0.711. The highest BCUT2D eigenvalue weighted by Gasteiger charge is 2.34. The number of aromatic nitrogens is 1. The number of anilines is 1. The van der Waals surface area contributed by atoms with E-state index in [-0.39, 0.29) is 12.8 Å². The molecule has 0 saturated carbocycles. The number of piperidine rings is 1. The van der Waals surface area contributed by atoms with Gasteiger partial charge in [0.25, 0.3) is 5.92 Å². The third kappa shape index (κ3) is 2.25. The number of nitrogens with zero attached hydrogens (tertiary/aromatic N) is 2. The molecule has 1 saturated heterocycles. The summed E-state index contributed by atoms with van der Waals surface area (Å²) in [5.41, 5.74) is 2.07. The molecule has 0 unspecified atom stereocenters. The van der Waals surface area contributed by atoms with Crippen LogP contribution in [0, 0.1) is 6.92 Å². The molecule has 0 spiro atoms. The molecular weight excluding hydrogens is 198 g/mol. The first kappa shape index (κ1) is 10.3. The third-order valence-corrected chi connectivity index (χ3v) is 2.83. The van der Waals surface area contributed by atoms with E-state index in [1.165, 1.54) is 0 Å². The van der Waals surface area contributed by atoms with Crippen LogP contribution in [0.2, 0.25) is 0 Å². The molecule has 0 radical (unpaired) electrons. The van der Waals surface area contributed by atoms with Crippen LogP contribution in [0.1, 0.15) is 18.4 Å². The fourth-order valence-corrected chi connectivity index (χ4v) is 1.90. The molecule has 0 aliphatic carbocycles. The van der Waals surface area contributed by atoms with E-state index in [1.807, 2.05) is 17.9 Å². The van der Waals surface area contributed by atoms with Gasteiger partial charge >= 0.3 is 0 Å². The van der Waals surface area contributed by atoms with Gasteiger partial charge in [-0.25, -0.2) is 8.78 Å². The van der Waals surface area contributed by atoms with E-state index in [2.05, 4.69) is 4.98 Å². The average Bonchev–Trinajstić information content (AvgIpc) is 2.19. The minimum atomic E-state index is -2.47. The number of aryl methyl sites for hydroxylation is 1. The first-order chi connectivity index (χ1) is 7.08. The van der Waals surface area contributed by atoms with Crippen molar-refractivity contribution in [3.05, 3.63) is 24.0 Å². The van der Waals surface area contributed by atoms with E-state index in [1.54, 1.807) is 12.4 Å². The van der Waals surface area contributed by atoms with Gasteiger partial charge in [0, 0.05) is 44.0 Å². The Kier molecular flexibility index (Phi) is 2.59. The maximum atomic E-state index is 13.0. The van der Waals surface area contributed by atoms with Crippen molar-refractivity contribution in [3.63, 3.8) is 0 Å². The third-order valence-electron chi connectivity index (χ3n) is 2.83. The average molecular weight is 212 g/mol. The number of hydrogen-bond donors (Lipinski definition) is 0. The largest absolute Gasteiger partial charge is 0.371 e. The van der Waals surface area contributed by atoms with Gasteiger partial charge in [0.1, 0.15) is 0 Å². The van der Waals surface area contributed by atoms with Crippen molar-refractivity contribution in [2.75, 3.05) is 18.0 Å². The van der Waals surface area contributed by atoms with Crippen LogP contribution >= 0.6 is 0 Å². The van der Waals surface area contributed by atoms with Crippen molar-refractivity contribution in [3.8, 4) is 0 Å². The summed E-state index contributed by atoms with van der Waals surface area (Å²) in [7, 11) is 0. The lowest BCUT2D eigenvalue weighted by atomic mass is 10.1. The minimum absolute atomic E-state index is 0.0469. The van der Waals surface area contributed by atoms with Gasteiger partial charge in [0.2, 0.25) is 0 Å². The number of pyridine rings is 1. The second-order valence-corrected chi connectivity index (χ2v) is 4.01. The highest BCUT2D eigenvalue weighted by molar-refractivity contribution is 5.51. The van der Waals surface area contributed by atoms with E-state index < -0.39 is 5.92 Å². The van der Waals surface area contributed by atoms with Gasteiger partial charge < -0.3 is 4.90 Å². The maximum Gasteiger partial charge on any atom is 0.251 e. The Morgan fingerprint density at radius 2 is 2.00 bits per heavy atom. The lowest BCUT2D eigenvalue weighted by Crippen LogP contribution is -2.39. The molecule has 0 bridgehead atoms. The second kappa shape index (κ2) is 3.76. The zero-order chi connectivity index (χ0) is 10.9. The molecule has 1 fully saturated rings. The Labute approximate surface area is 87.9 Å². The van der Waals surface area contributed by atoms with Crippen molar-refractivity contribution in [2.24, 2.45) is 0 Å². The van der Waals surface area contributed by atoms with Crippen LogP contribution in [0.4, 0.5) is 14.5 Å². The summed E-state index contributed by atoms with van der Waals surface area (Å²) in [6, 6.07) is 1.89. The Bertz CT molecular complexity index is 342. The molecule has 0 N–H and O–H groups in total. The first-order valence-corrected chi connectivity index (χ1v) is 5.12. The Balaban J connectivity index is 2.11. The summed E-state index contributed by atoms with van der Waals surface area (Å²) >= 11 is 0. The van der Waals surface area contributed by atoms with E-state index in [4.69, 9.17) is 0 Å². The molecule has 1 aromatic rings. The fraction of sp³-hybridized carbons (Fsp3) is 0.545. The molecule has 0 aromatic carbocycles. The molecule has 0 amide bonds. The summed E-state index contributed by atoms with van der Waals surface area (Å²) in [4.78, 5) is 6.00. The van der Waals surface area contributed by atoms with Crippen LogP contribution in [0.3, 0.4) is 0 Å². The molecule has 1 aromatic heterocycles. The van der Waals surface area contributed by atoms with Gasteiger partial charge in [-0.05, 0) is 18.6 Å². The van der Waals surface area contributed by atoms with Crippen LogP contribution < -0.4 is 4.90 Å². The zero-order valence-corrected chi connectivity index (χ0v) is 8.71. The van der Waals surface area contributed by atoms with Crippen molar-refractivity contribution in [1.29, 1.82) is 0 Å². The summed E-state index contributed by atoms with van der Waals surface area (Å²) in [6.45, 7) is 2.81. The van der Waals surface area contributed by atoms with Gasteiger partial charge in [0.05, 0.1) is 0 Å². The van der Waals surface area contributed by atoms with Crippen molar-refractivity contribution < 1.29 is 8.78 Å². The van der Waals surface area contributed by atoms with Crippen LogP contribution in [0.25, 0.3) is 0 Å². The van der Waals surface area contributed by atoms with Crippen LogP contribution in [0.15, 0.2) is 18.5 Å². The summed E-state index contributed by atoms with van der Waals surface area (Å²) in [6.07, 6.45) is 3.38. The van der Waals surface area contributed by atoms with Crippen molar-refractivity contribution in [1.82, 2.24) is 4.98 Å². The molecule has 0 atom stereocenters. The Morgan fingerprint density at radius 1 is 1.33 bits per heavy atom. The molecule has 2 rings (SSSR count). The predicted molar refractivity (Wildman–Crippen MR) is 55.4 cm³/mol. The second-order valence-electron chi connectivity index (χ2n) is 4.01. The minimum Gasteiger partial charge on any atom is -0.371 e. The normalized spacial score (nSPS) is 20.3. The number of rotatable bonds is 1. The highest BCUT2D eigenvalue weighted by Crippen LogP contribution is 2.31. The zero-order valence-electron chi connectivity index (χ0n) is 8.71. The smallest absolute Gasteiger partial charge is 0.251 e. The first-order valence-electron chi connectivity index (χ1n) is 5.12. The van der Waals surface area contributed by atoms with Gasteiger partial charge in [0.15, 0.2) is 0 Å². The van der Waals surface area contributed by atoms with E-state index >= 15 is 0 Å². The molecule has 2 heterocycles. The monoisotopic (exact) mass is 212 g/mol. The summed E-state index contributed by atoms with van der Waals surface area (Å²) in [5.74, 6) is -2.47. The van der Waals surface area contributed by atoms with Gasteiger partial charge in [-0.3, -0.25) is 4.98 Å². The standard InChI is InChI=1S/C11H14F2N2/c1-9-8-14-5-2-10(9)15-6-3-11(12,13)4-7-15/h2,5,8H,3-4,6-7H2,1H3. The van der Waals surface area contributed by atoms with Crippen LogP contribution in [-0.4, -0.2) is 24.0 Å². The van der Waals surface area contributed by atoms with Gasteiger partial charge in [-0.1, -0.05) is 0 Å². The highest BCUT2D eigenvalue weighted by atomic mass is 19.3. The Hall–Kier alpha value is -1.19. The molecule has 2 nitrogen and oxygen atoms in total. The molecule has 15 heavy (non-hydrogen) atoms. The fourth-order valence-electron chi connectivity index (χ4n) is 1.90. The molecule has 82 valence electrons. The van der Waals surface area contributed by atoms with Crippen LogP contribution in [-0.2, 0) is 0 Å². The molecular formula is C11H14F2N2. The van der Waals surface area contributed by atoms with E-state index in [0.29, 0.717) is 13.1 Å². The maximum absolute atomic E-state index is 13.0. The topological polar surface area (TPSA) is 16.1 Å². The summed E-state index contributed by atoms with van der Waals surface area (Å²) in [5, 5.41) is 0.